The predicted molar refractivity (Wildman–Crippen MR) is 83.0 cm³/mol. The maximum absolute atomic E-state index is 12.0. The number of amides is 1. The van der Waals surface area contributed by atoms with Gasteiger partial charge in [0, 0.05) is 26.7 Å². The second-order valence-electron chi connectivity index (χ2n) is 5.55. The predicted octanol–water partition coefficient (Wildman–Crippen LogP) is 0.343. The Bertz CT molecular complexity index is 497. The number of halogens is 1. The highest BCUT2D eigenvalue weighted by Gasteiger charge is 2.32. The number of likely N-dealkylation sites (tertiary alicyclic amines) is 1. The Kier molecular flexibility index (Phi) is 6.76. The first-order valence-corrected chi connectivity index (χ1v) is 7.58. The summed E-state index contributed by atoms with van der Waals surface area (Å²) in [5.74, 6) is 0.408. The maximum atomic E-state index is 12.0. The van der Waals surface area contributed by atoms with Crippen molar-refractivity contribution in [3.8, 4) is 5.75 Å². The van der Waals surface area contributed by atoms with Crippen LogP contribution in [0.15, 0.2) is 24.3 Å². The van der Waals surface area contributed by atoms with E-state index < -0.39 is 12.8 Å². The van der Waals surface area contributed by atoms with E-state index in [1.165, 1.54) is 7.11 Å². The zero-order valence-electron chi connectivity index (χ0n) is 13.2. The van der Waals surface area contributed by atoms with Crippen molar-refractivity contribution in [3.05, 3.63) is 29.8 Å². The van der Waals surface area contributed by atoms with Gasteiger partial charge in [-0.25, -0.2) is 4.39 Å². The van der Waals surface area contributed by atoms with E-state index in [0.717, 1.165) is 5.56 Å². The van der Waals surface area contributed by atoms with Crippen molar-refractivity contribution < 1.29 is 23.8 Å². The first-order chi connectivity index (χ1) is 11.1. The molecule has 1 aliphatic rings. The van der Waals surface area contributed by atoms with E-state index in [0.29, 0.717) is 25.4 Å². The van der Waals surface area contributed by atoms with Gasteiger partial charge in [0.05, 0.1) is 12.1 Å². The smallest absolute Gasteiger partial charge is 0.246 e. The Morgan fingerprint density at radius 1 is 1.39 bits per heavy atom. The molecule has 2 rings (SSSR count). The number of β-amino-alcohol motifs (C(OH)–C–C–N with tert-alkyl or cyclic N) is 1. The highest BCUT2D eigenvalue weighted by molar-refractivity contribution is 5.77. The minimum Gasteiger partial charge on any atom is -0.491 e. The molecule has 1 heterocycles. The monoisotopic (exact) mass is 326 g/mol. The average molecular weight is 326 g/mol. The van der Waals surface area contributed by atoms with Crippen LogP contribution in [0.25, 0.3) is 0 Å². The number of nitrogens with zero attached hydrogens (tertiary/aromatic N) is 1. The van der Waals surface area contributed by atoms with Crippen molar-refractivity contribution in [3.63, 3.8) is 0 Å². The summed E-state index contributed by atoms with van der Waals surface area (Å²) < 4.78 is 22.0. The van der Waals surface area contributed by atoms with Gasteiger partial charge in [-0.3, -0.25) is 9.69 Å². The van der Waals surface area contributed by atoms with Crippen LogP contribution < -0.4 is 10.1 Å². The normalized spacial score (nSPS) is 21.3. The van der Waals surface area contributed by atoms with Crippen molar-refractivity contribution >= 4 is 5.91 Å². The minimum atomic E-state index is -0.594. The van der Waals surface area contributed by atoms with Crippen LogP contribution in [0.1, 0.15) is 5.56 Å². The summed E-state index contributed by atoms with van der Waals surface area (Å²) in [6.45, 7) is 1.28. The summed E-state index contributed by atoms with van der Waals surface area (Å²) in [5.41, 5.74) is 1.06. The lowest BCUT2D eigenvalue weighted by atomic mass is 10.2. The Balaban J connectivity index is 1.83. The van der Waals surface area contributed by atoms with E-state index in [4.69, 9.17) is 9.47 Å². The summed E-state index contributed by atoms with van der Waals surface area (Å²) in [5, 5.41) is 12.8. The molecule has 23 heavy (non-hydrogen) atoms. The van der Waals surface area contributed by atoms with Crippen molar-refractivity contribution in [1.29, 1.82) is 0 Å². The number of alkyl halides is 1. The van der Waals surface area contributed by atoms with Crippen molar-refractivity contribution in [2.75, 3.05) is 40.1 Å². The maximum Gasteiger partial charge on any atom is 0.246 e. The summed E-state index contributed by atoms with van der Waals surface area (Å²) in [4.78, 5) is 13.6. The zero-order chi connectivity index (χ0) is 16.7. The molecule has 7 heteroatoms. The third kappa shape index (κ3) is 5.46. The van der Waals surface area contributed by atoms with E-state index in [-0.39, 0.29) is 25.2 Å². The first kappa shape index (κ1) is 17.7. The lowest BCUT2D eigenvalue weighted by molar-refractivity contribution is -0.125. The Morgan fingerprint density at radius 3 is 2.78 bits per heavy atom. The van der Waals surface area contributed by atoms with Crippen molar-refractivity contribution in [1.82, 2.24) is 10.2 Å². The molecule has 128 valence electrons. The van der Waals surface area contributed by atoms with Crippen LogP contribution in [0.5, 0.6) is 5.75 Å². The summed E-state index contributed by atoms with van der Waals surface area (Å²) >= 11 is 0. The third-order valence-corrected chi connectivity index (χ3v) is 3.66. The fourth-order valence-electron chi connectivity index (χ4n) is 2.62. The van der Waals surface area contributed by atoms with Crippen LogP contribution in [0.4, 0.5) is 4.39 Å². The van der Waals surface area contributed by atoms with Crippen LogP contribution in [0.3, 0.4) is 0 Å². The van der Waals surface area contributed by atoms with Crippen LogP contribution in [-0.2, 0) is 16.1 Å². The molecular weight excluding hydrogens is 303 g/mol. The largest absolute Gasteiger partial charge is 0.491 e. The molecule has 0 saturated carbocycles. The Morgan fingerprint density at radius 2 is 2.13 bits per heavy atom. The van der Waals surface area contributed by atoms with Gasteiger partial charge in [0.15, 0.2) is 0 Å². The molecule has 0 spiro atoms. The van der Waals surface area contributed by atoms with Gasteiger partial charge in [-0.05, 0) is 17.7 Å². The fraction of sp³-hybridized carbons (Fsp3) is 0.562. The number of carbonyl (C=O) groups excluding carboxylic acids is 1. The van der Waals surface area contributed by atoms with Gasteiger partial charge in [0.25, 0.3) is 0 Å². The number of rotatable bonds is 8. The minimum absolute atomic E-state index is 0.0104. The summed E-state index contributed by atoms with van der Waals surface area (Å²) in [6.07, 6.45) is -0.594. The highest BCUT2D eigenvalue weighted by Crippen LogP contribution is 2.17. The quantitative estimate of drug-likeness (QED) is 0.721. The molecule has 1 aliphatic heterocycles. The third-order valence-electron chi connectivity index (χ3n) is 3.66. The fourth-order valence-corrected chi connectivity index (χ4v) is 2.62. The molecule has 2 atom stereocenters. The van der Waals surface area contributed by atoms with Crippen LogP contribution in [0.2, 0.25) is 0 Å². The number of aliphatic hydroxyl groups excluding tert-OH is 1. The van der Waals surface area contributed by atoms with Gasteiger partial charge in [-0.1, -0.05) is 12.1 Å². The van der Waals surface area contributed by atoms with Crippen molar-refractivity contribution in [2.24, 2.45) is 0 Å². The van der Waals surface area contributed by atoms with E-state index in [1.807, 2.05) is 12.1 Å². The average Bonchev–Trinajstić information content (AvgIpc) is 2.86. The second kappa shape index (κ2) is 8.81. The summed E-state index contributed by atoms with van der Waals surface area (Å²) in [6, 6.07) is 7.14. The molecule has 1 aromatic carbocycles. The van der Waals surface area contributed by atoms with Crippen LogP contribution in [0, 0.1) is 0 Å². The Hall–Kier alpha value is -1.70. The molecule has 1 aromatic rings. The lowest BCUT2D eigenvalue weighted by Gasteiger charge is -2.16. The van der Waals surface area contributed by atoms with Crippen LogP contribution in [-0.4, -0.2) is 68.1 Å². The number of ether oxygens (including phenoxy) is 2. The number of hydrogen-bond acceptors (Lipinski definition) is 5. The molecule has 0 aliphatic carbocycles. The van der Waals surface area contributed by atoms with Crippen molar-refractivity contribution in [2.45, 2.75) is 18.7 Å². The van der Waals surface area contributed by atoms with E-state index >= 15 is 0 Å². The molecule has 1 saturated heterocycles. The molecule has 0 aromatic heterocycles. The van der Waals surface area contributed by atoms with Gasteiger partial charge >= 0.3 is 0 Å². The topological polar surface area (TPSA) is 71.0 Å². The van der Waals surface area contributed by atoms with E-state index in [9.17, 15) is 14.3 Å². The molecular formula is C16H23FN2O4. The standard InChI is InChI=1S/C16H23FN2O4/c1-22-11-16(21)18-14-9-19(10-15(14)20)8-12-2-4-13(5-3-12)23-7-6-17/h2-5,14-15,20H,6-11H2,1H3,(H,18,21)/t14-,15-/m1/s1. The second-order valence-corrected chi connectivity index (χ2v) is 5.55. The molecule has 1 amide bonds. The molecule has 1 fully saturated rings. The lowest BCUT2D eigenvalue weighted by Crippen LogP contribution is -2.44. The highest BCUT2D eigenvalue weighted by atomic mass is 19.1. The van der Waals surface area contributed by atoms with Gasteiger partial charge < -0.3 is 19.9 Å². The number of nitrogens with one attached hydrogen (secondary N) is 1. The SMILES string of the molecule is COCC(=O)N[C@@H]1CN(Cc2ccc(OCCF)cc2)C[C@H]1O. The number of carbonyl (C=O) groups is 1. The number of benzene rings is 1. The van der Waals surface area contributed by atoms with Gasteiger partial charge in [0.2, 0.25) is 5.91 Å². The van der Waals surface area contributed by atoms with E-state index in [2.05, 4.69) is 10.2 Å². The first-order valence-electron chi connectivity index (χ1n) is 7.58. The zero-order valence-corrected chi connectivity index (χ0v) is 13.2. The van der Waals surface area contributed by atoms with Crippen LogP contribution >= 0.6 is 0 Å². The van der Waals surface area contributed by atoms with Gasteiger partial charge in [-0.2, -0.15) is 0 Å². The summed E-state index contributed by atoms with van der Waals surface area (Å²) in [7, 11) is 1.46. The molecule has 2 N–H and O–H groups in total. The Labute approximate surface area is 135 Å². The number of hydrogen-bond donors (Lipinski definition) is 2. The number of aliphatic hydroxyl groups is 1. The number of methoxy groups -OCH3 is 1. The van der Waals surface area contributed by atoms with Gasteiger partial charge in [-0.15, -0.1) is 0 Å². The van der Waals surface area contributed by atoms with Gasteiger partial charge in [0.1, 0.15) is 25.6 Å². The van der Waals surface area contributed by atoms with E-state index in [1.54, 1.807) is 12.1 Å². The molecule has 0 radical (unpaired) electrons. The molecule has 0 unspecified atom stereocenters. The molecule has 6 nitrogen and oxygen atoms in total. The molecule has 0 bridgehead atoms.